The molecule has 0 unspecified atom stereocenters. The first-order chi connectivity index (χ1) is 17.6. The summed E-state index contributed by atoms with van der Waals surface area (Å²) in [6.07, 6.45) is 5.01. The number of benzene rings is 2. The second kappa shape index (κ2) is 10.7. The number of piperazine rings is 1. The monoisotopic (exact) mass is 484 g/mol. The highest BCUT2D eigenvalue weighted by molar-refractivity contribution is 6.13. The third kappa shape index (κ3) is 5.12. The average molecular weight is 485 g/mol. The van der Waals surface area contributed by atoms with Crippen LogP contribution in [0.3, 0.4) is 0 Å². The van der Waals surface area contributed by atoms with Crippen molar-refractivity contribution in [3.63, 3.8) is 0 Å². The zero-order valence-corrected chi connectivity index (χ0v) is 20.3. The van der Waals surface area contributed by atoms with Gasteiger partial charge in [-0.3, -0.25) is 19.7 Å². The highest BCUT2D eigenvalue weighted by atomic mass is 16.5. The van der Waals surface area contributed by atoms with E-state index in [9.17, 15) is 4.79 Å². The third-order valence-corrected chi connectivity index (χ3v) is 6.21. The molecule has 0 spiro atoms. The lowest BCUT2D eigenvalue weighted by Gasteiger charge is -2.27. The van der Waals surface area contributed by atoms with Crippen molar-refractivity contribution in [2.45, 2.75) is 6.54 Å². The first-order valence-corrected chi connectivity index (χ1v) is 11.8. The number of pyridine rings is 1. The first-order valence-electron chi connectivity index (χ1n) is 11.8. The number of nitrogens with zero attached hydrogens (tertiary/aromatic N) is 4. The molecule has 36 heavy (non-hydrogen) atoms. The molecule has 5 rings (SSSR count). The van der Waals surface area contributed by atoms with E-state index in [0.29, 0.717) is 33.9 Å². The summed E-state index contributed by atoms with van der Waals surface area (Å²) in [7, 11) is 3.21. The topological polar surface area (TPSA) is 102 Å². The van der Waals surface area contributed by atoms with Gasteiger partial charge in [0.2, 0.25) is 0 Å². The van der Waals surface area contributed by atoms with Gasteiger partial charge in [0.15, 0.2) is 0 Å². The zero-order chi connectivity index (χ0) is 24.9. The number of methoxy groups -OCH3 is 2. The van der Waals surface area contributed by atoms with Gasteiger partial charge in [0.1, 0.15) is 22.8 Å². The van der Waals surface area contributed by atoms with Crippen molar-refractivity contribution in [3.8, 4) is 22.6 Å². The summed E-state index contributed by atoms with van der Waals surface area (Å²) >= 11 is 0. The van der Waals surface area contributed by atoms with E-state index in [1.165, 1.54) is 0 Å². The molecule has 1 aliphatic heterocycles. The van der Waals surface area contributed by atoms with E-state index < -0.39 is 0 Å². The number of anilines is 1. The number of fused-ring (bicyclic) bond motifs is 1. The van der Waals surface area contributed by atoms with Crippen LogP contribution in [0.5, 0.6) is 11.5 Å². The lowest BCUT2D eigenvalue weighted by atomic mass is 10.00. The zero-order valence-electron chi connectivity index (χ0n) is 20.3. The van der Waals surface area contributed by atoms with Crippen molar-refractivity contribution in [2.24, 2.45) is 0 Å². The molecule has 9 heteroatoms. The average Bonchev–Trinajstić information content (AvgIpc) is 2.93. The van der Waals surface area contributed by atoms with Gasteiger partial charge in [-0.1, -0.05) is 12.1 Å². The van der Waals surface area contributed by atoms with E-state index in [0.717, 1.165) is 49.4 Å². The molecular weight excluding hydrogens is 456 g/mol. The van der Waals surface area contributed by atoms with Gasteiger partial charge in [-0.2, -0.15) is 0 Å². The Balaban J connectivity index is 1.39. The van der Waals surface area contributed by atoms with Gasteiger partial charge in [-0.25, -0.2) is 4.98 Å². The van der Waals surface area contributed by atoms with E-state index in [-0.39, 0.29) is 5.91 Å². The molecule has 4 aromatic rings. The molecule has 2 aromatic heterocycles. The molecule has 1 saturated heterocycles. The van der Waals surface area contributed by atoms with Crippen LogP contribution < -0.4 is 20.1 Å². The van der Waals surface area contributed by atoms with Crippen LogP contribution in [0.2, 0.25) is 0 Å². The van der Waals surface area contributed by atoms with Crippen LogP contribution in [-0.2, 0) is 6.54 Å². The standard InChI is InChI=1S/C27H28N6O3/c1-35-20-13-19(14-21(15-20)36-2)22-4-5-23(26-25(22)29-7-8-30-26)27(34)32-24-6-3-18(16-31-24)17-33-11-9-28-10-12-33/h3-8,13-16,28H,9-12,17H2,1-2H3,(H,31,32,34). The van der Waals surface area contributed by atoms with Crippen molar-refractivity contribution in [1.29, 1.82) is 0 Å². The van der Waals surface area contributed by atoms with Crippen molar-refractivity contribution in [1.82, 2.24) is 25.2 Å². The lowest BCUT2D eigenvalue weighted by Crippen LogP contribution is -2.42. The van der Waals surface area contributed by atoms with E-state index in [2.05, 4.69) is 30.5 Å². The minimum absolute atomic E-state index is 0.294. The molecule has 184 valence electrons. The van der Waals surface area contributed by atoms with Crippen molar-refractivity contribution < 1.29 is 14.3 Å². The van der Waals surface area contributed by atoms with Crippen molar-refractivity contribution >= 4 is 22.8 Å². The predicted molar refractivity (Wildman–Crippen MR) is 138 cm³/mol. The highest BCUT2D eigenvalue weighted by Crippen LogP contribution is 2.34. The second-order valence-electron chi connectivity index (χ2n) is 8.55. The van der Waals surface area contributed by atoms with Crippen LogP contribution in [-0.4, -0.2) is 66.2 Å². The minimum atomic E-state index is -0.294. The fraction of sp³-hybridized carbons (Fsp3) is 0.259. The van der Waals surface area contributed by atoms with Gasteiger partial charge >= 0.3 is 0 Å². The Hall–Kier alpha value is -4.08. The summed E-state index contributed by atoms with van der Waals surface area (Å²) in [6.45, 7) is 4.89. The molecule has 2 N–H and O–H groups in total. The Bertz CT molecular complexity index is 1350. The number of nitrogens with one attached hydrogen (secondary N) is 2. The van der Waals surface area contributed by atoms with Gasteiger partial charge < -0.3 is 20.1 Å². The van der Waals surface area contributed by atoms with Crippen LogP contribution in [0, 0.1) is 0 Å². The molecule has 0 bridgehead atoms. The number of aromatic nitrogens is 3. The van der Waals surface area contributed by atoms with E-state index >= 15 is 0 Å². The maximum atomic E-state index is 13.2. The van der Waals surface area contributed by atoms with Gasteiger partial charge in [0.25, 0.3) is 5.91 Å². The Morgan fingerprint density at radius 1 is 0.944 bits per heavy atom. The number of carbonyl (C=O) groups is 1. The fourth-order valence-electron chi connectivity index (χ4n) is 4.34. The summed E-state index contributed by atoms with van der Waals surface area (Å²) in [5, 5.41) is 6.25. The molecule has 0 aliphatic carbocycles. The molecule has 1 amide bonds. The summed E-state index contributed by atoms with van der Waals surface area (Å²) in [5.41, 5.74) is 4.32. The maximum absolute atomic E-state index is 13.2. The fourth-order valence-corrected chi connectivity index (χ4v) is 4.34. The lowest BCUT2D eigenvalue weighted by molar-refractivity contribution is 0.102. The largest absolute Gasteiger partial charge is 0.497 e. The van der Waals surface area contributed by atoms with Crippen LogP contribution in [0.15, 0.2) is 61.1 Å². The molecular formula is C27H28N6O3. The first kappa shape index (κ1) is 23.7. The maximum Gasteiger partial charge on any atom is 0.259 e. The highest BCUT2D eigenvalue weighted by Gasteiger charge is 2.17. The summed E-state index contributed by atoms with van der Waals surface area (Å²) < 4.78 is 10.8. The smallest absolute Gasteiger partial charge is 0.259 e. The Morgan fingerprint density at radius 3 is 2.33 bits per heavy atom. The van der Waals surface area contributed by atoms with Gasteiger partial charge in [-0.15, -0.1) is 0 Å². The molecule has 9 nitrogen and oxygen atoms in total. The third-order valence-electron chi connectivity index (χ3n) is 6.21. The Kier molecular flexibility index (Phi) is 7.01. The molecule has 1 fully saturated rings. The van der Waals surface area contributed by atoms with E-state index in [1.54, 1.807) is 38.7 Å². The number of ether oxygens (including phenoxy) is 2. The van der Waals surface area contributed by atoms with Gasteiger partial charge in [0, 0.05) is 62.9 Å². The summed E-state index contributed by atoms with van der Waals surface area (Å²) in [4.78, 5) is 29.1. The molecule has 0 saturated carbocycles. The van der Waals surface area contributed by atoms with Crippen LogP contribution in [0.1, 0.15) is 15.9 Å². The SMILES string of the molecule is COc1cc(OC)cc(-c2ccc(C(=O)Nc3ccc(CN4CCNCC4)cn3)c3nccnc23)c1. The minimum Gasteiger partial charge on any atom is -0.497 e. The molecule has 0 radical (unpaired) electrons. The van der Waals surface area contributed by atoms with Gasteiger partial charge in [-0.05, 0) is 35.4 Å². The Labute approximate surface area is 209 Å². The van der Waals surface area contributed by atoms with Crippen LogP contribution >= 0.6 is 0 Å². The second-order valence-corrected chi connectivity index (χ2v) is 8.55. The number of hydrogen-bond acceptors (Lipinski definition) is 8. The summed E-state index contributed by atoms with van der Waals surface area (Å²) in [5.74, 6) is 1.52. The summed E-state index contributed by atoms with van der Waals surface area (Å²) in [6, 6.07) is 13.1. The molecule has 2 aromatic carbocycles. The quantitative estimate of drug-likeness (QED) is 0.412. The number of amides is 1. The number of rotatable bonds is 7. The number of hydrogen-bond donors (Lipinski definition) is 2. The van der Waals surface area contributed by atoms with Gasteiger partial charge in [0.05, 0.1) is 25.3 Å². The van der Waals surface area contributed by atoms with E-state index in [1.807, 2.05) is 36.5 Å². The van der Waals surface area contributed by atoms with E-state index in [4.69, 9.17) is 9.47 Å². The normalized spacial score (nSPS) is 13.9. The van der Waals surface area contributed by atoms with Crippen LogP contribution in [0.25, 0.3) is 22.2 Å². The van der Waals surface area contributed by atoms with Crippen molar-refractivity contribution in [3.05, 3.63) is 72.2 Å². The Morgan fingerprint density at radius 2 is 1.67 bits per heavy atom. The van der Waals surface area contributed by atoms with Crippen LogP contribution in [0.4, 0.5) is 5.82 Å². The number of carbonyl (C=O) groups excluding carboxylic acids is 1. The predicted octanol–water partition coefficient (Wildman–Crippen LogP) is 3.37. The molecule has 1 aliphatic rings. The molecule has 3 heterocycles. The van der Waals surface area contributed by atoms with Crippen molar-refractivity contribution in [2.75, 3.05) is 45.7 Å². The molecule has 0 atom stereocenters.